The van der Waals surface area contributed by atoms with Crippen LogP contribution in [0.3, 0.4) is 0 Å². The van der Waals surface area contributed by atoms with Crippen molar-refractivity contribution in [2.24, 2.45) is 16.8 Å². The van der Waals surface area contributed by atoms with Crippen molar-refractivity contribution in [3.8, 4) is 11.1 Å². The maximum absolute atomic E-state index is 13.0. The molecule has 1 atom stereocenters. The highest BCUT2D eigenvalue weighted by atomic mass is 16.5. The van der Waals surface area contributed by atoms with Gasteiger partial charge in [0.25, 0.3) is 0 Å². The van der Waals surface area contributed by atoms with E-state index in [1.807, 2.05) is 31.1 Å². The second kappa shape index (κ2) is 12.8. The van der Waals surface area contributed by atoms with Gasteiger partial charge in [-0.1, -0.05) is 24.3 Å². The molecule has 3 aromatic rings. The topological polar surface area (TPSA) is 74.9 Å². The van der Waals surface area contributed by atoms with E-state index in [4.69, 9.17) is 9.47 Å². The summed E-state index contributed by atoms with van der Waals surface area (Å²) in [6, 6.07) is 13.7. The Kier molecular flexibility index (Phi) is 8.84. The number of fused-ring (bicyclic) bond motifs is 1. The van der Waals surface area contributed by atoms with Gasteiger partial charge in [0.05, 0.1) is 23.4 Å². The number of likely N-dealkylation sites (tertiary alicyclic amines) is 1. The molecule has 1 saturated carbocycles. The summed E-state index contributed by atoms with van der Waals surface area (Å²) in [5.74, 6) is 0.952. The summed E-state index contributed by atoms with van der Waals surface area (Å²) < 4.78 is 13.5. The Balaban J connectivity index is 1.12. The van der Waals surface area contributed by atoms with Gasteiger partial charge in [0.15, 0.2) is 0 Å². The predicted octanol–water partition coefficient (Wildman–Crippen LogP) is 4.35. The van der Waals surface area contributed by atoms with Gasteiger partial charge >= 0.3 is 0 Å². The molecule has 2 saturated heterocycles. The average Bonchev–Trinajstić information content (AvgIpc) is 3.47. The van der Waals surface area contributed by atoms with Crippen LogP contribution in [0.1, 0.15) is 38.2 Å². The smallest absolute Gasteiger partial charge is 0.225 e. The predicted molar refractivity (Wildman–Crippen MR) is 171 cm³/mol. The van der Waals surface area contributed by atoms with Gasteiger partial charge in [0, 0.05) is 96.7 Å². The number of hydrogen-bond acceptors (Lipinski definition) is 7. The molecule has 0 N–H and O–H groups in total. The lowest BCUT2D eigenvalue weighted by Crippen LogP contribution is -2.52. The Morgan fingerprint density at radius 1 is 1.05 bits per heavy atom. The molecule has 2 aromatic heterocycles. The Morgan fingerprint density at radius 2 is 1.77 bits per heavy atom. The molecular formula is C34H46N6O3. The Bertz CT molecular complexity index is 1410. The minimum absolute atomic E-state index is 0.165. The first-order chi connectivity index (χ1) is 20.9. The Labute approximate surface area is 255 Å². The maximum atomic E-state index is 13.0. The highest BCUT2D eigenvalue weighted by Gasteiger charge is 2.38. The second-order valence-electron chi connectivity index (χ2n) is 12.5. The van der Waals surface area contributed by atoms with E-state index in [9.17, 15) is 4.79 Å². The molecule has 6 rings (SSSR count). The van der Waals surface area contributed by atoms with Crippen LogP contribution in [0.4, 0.5) is 5.69 Å². The number of ether oxygens (including phenoxy) is 2. The van der Waals surface area contributed by atoms with Gasteiger partial charge in [-0.05, 0) is 61.8 Å². The van der Waals surface area contributed by atoms with Crippen LogP contribution in [0, 0.1) is 11.8 Å². The fourth-order valence-electron chi connectivity index (χ4n) is 7.30. The van der Waals surface area contributed by atoms with E-state index in [2.05, 4.69) is 74.3 Å². The van der Waals surface area contributed by atoms with Crippen molar-refractivity contribution in [2.75, 3.05) is 72.0 Å². The minimum atomic E-state index is -0.254. The molecule has 9 heteroatoms. The molecule has 0 spiro atoms. The lowest BCUT2D eigenvalue weighted by Gasteiger charge is -2.43. The fourth-order valence-corrected chi connectivity index (χ4v) is 7.30. The van der Waals surface area contributed by atoms with Crippen LogP contribution < -0.4 is 4.90 Å². The molecule has 1 aliphatic carbocycles. The third kappa shape index (κ3) is 5.95. The first kappa shape index (κ1) is 29.8. The van der Waals surface area contributed by atoms with E-state index in [1.165, 1.54) is 16.8 Å². The molecule has 230 valence electrons. The lowest BCUT2D eigenvalue weighted by atomic mass is 9.75. The summed E-state index contributed by atoms with van der Waals surface area (Å²) in [5.41, 5.74) is 5.55. The van der Waals surface area contributed by atoms with Crippen molar-refractivity contribution >= 4 is 23.3 Å². The zero-order chi connectivity index (χ0) is 30.0. The summed E-state index contributed by atoms with van der Waals surface area (Å²) in [5, 5.41) is 4.62. The van der Waals surface area contributed by atoms with E-state index in [-0.39, 0.29) is 11.5 Å². The molecule has 0 unspecified atom stereocenters. The summed E-state index contributed by atoms with van der Waals surface area (Å²) in [7, 11) is 5.42. The van der Waals surface area contributed by atoms with Gasteiger partial charge in [-0.3, -0.25) is 9.69 Å². The third-order valence-electron chi connectivity index (χ3n) is 10.1. The number of piperidine rings is 1. The number of hydrogen-bond donors (Lipinski definition) is 0. The number of nitrogens with zero attached hydrogens (tertiary/aromatic N) is 6. The number of aromatic nitrogens is 2. The molecule has 4 heterocycles. The van der Waals surface area contributed by atoms with Crippen molar-refractivity contribution in [3.63, 3.8) is 0 Å². The third-order valence-corrected chi connectivity index (χ3v) is 10.1. The molecule has 3 aliphatic rings. The number of anilines is 1. The molecule has 43 heavy (non-hydrogen) atoms. The monoisotopic (exact) mass is 586 g/mol. The van der Waals surface area contributed by atoms with Crippen LogP contribution in [0.2, 0.25) is 0 Å². The van der Waals surface area contributed by atoms with Crippen LogP contribution >= 0.6 is 0 Å². The van der Waals surface area contributed by atoms with Gasteiger partial charge < -0.3 is 24.3 Å². The first-order valence-electron chi connectivity index (χ1n) is 15.8. The van der Waals surface area contributed by atoms with E-state index in [0.717, 1.165) is 82.6 Å². The minimum Gasteiger partial charge on any atom is -0.383 e. The van der Waals surface area contributed by atoms with E-state index >= 15 is 0 Å². The van der Waals surface area contributed by atoms with Crippen LogP contribution in [0.15, 0.2) is 53.8 Å². The second-order valence-corrected chi connectivity index (χ2v) is 12.5. The summed E-state index contributed by atoms with van der Waals surface area (Å²) in [6.45, 7) is 8.15. The molecule has 2 aliphatic heterocycles. The van der Waals surface area contributed by atoms with Crippen LogP contribution in [0.5, 0.6) is 0 Å². The highest BCUT2D eigenvalue weighted by molar-refractivity contribution is 5.83. The van der Waals surface area contributed by atoms with Gasteiger partial charge in [0.2, 0.25) is 5.91 Å². The van der Waals surface area contributed by atoms with Gasteiger partial charge in [-0.15, -0.1) is 0 Å². The van der Waals surface area contributed by atoms with E-state index < -0.39 is 0 Å². The fraction of sp³-hybridized carbons (Fsp3) is 0.559. The number of piperazine rings is 1. The van der Waals surface area contributed by atoms with Crippen LogP contribution in [-0.2, 0) is 19.9 Å². The standard InChI is InChI=1S/C34H46N6O3/c1-25(24-42-3)37-13-10-34(43-4,11-14-37)30-7-5-27(6-8-30)29-21-32-31(9-12-36-40(32)23-29)38-15-17-39(18-16-38)33(41)28-19-26(20-28)22-35-2/h5-9,12,21-23,25-26,28H,10-11,13-20,24H2,1-4H3/t25-,26-,28-/m1/s1. The molecule has 0 bridgehead atoms. The number of aliphatic imine (C=N–C) groups is 1. The highest BCUT2D eigenvalue weighted by Crippen LogP contribution is 2.38. The van der Waals surface area contributed by atoms with Crippen LogP contribution in [0.25, 0.3) is 16.6 Å². The quantitative estimate of drug-likeness (QED) is 0.347. The number of carbonyl (C=O) groups excluding carboxylic acids is 1. The van der Waals surface area contributed by atoms with Gasteiger partial charge in [-0.2, -0.15) is 5.10 Å². The first-order valence-corrected chi connectivity index (χ1v) is 15.8. The SMILES string of the molecule is CN=C[C@H]1C[C@H](C(=O)N2CCN(c3ccnn4cc(-c5ccc(C6(OC)CCN([C@H](C)COC)CC6)cc5)cc34)CC2)C1. The van der Waals surface area contributed by atoms with Gasteiger partial charge in [-0.25, -0.2) is 4.52 Å². The Morgan fingerprint density at radius 3 is 2.42 bits per heavy atom. The van der Waals surface area contributed by atoms with Gasteiger partial charge in [0.1, 0.15) is 0 Å². The summed E-state index contributed by atoms with van der Waals surface area (Å²) >= 11 is 0. The number of rotatable bonds is 9. The van der Waals surface area contributed by atoms with Crippen molar-refractivity contribution < 1.29 is 14.3 Å². The molecule has 0 radical (unpaired) electrons. The number of carbonyl (C=O) groups is 1. The molecule has 1 amide bonds. The van der Waals surface area contributed by atoms with Crippen molar-refractivity contribution in [1.82, 2.24) is 19.4 Å². The normalized spacial score (nSPS) is 23.5. The molecule has 1 aromatic carbocycles. The Hall–Kier alpha value is -3.27. The largest absolute Gasteiger partial charge is 0.383 e. The number of methoxy groups -OCH3 is 2. The maximum Gasteiger partial charge on any atom is 0.225 e. The van der Waals surface area contributed by atoms with E-state index in [1.54, 1.807) is 7.11 Å². The molecular weight excluding hydrogens is 540 g/mol. The molecule has 9 nitrogen and oxygen atoms in total. The molecule has 3 fully saturated rings. The van der Waals surface area contributed by atoms with Crippen LogP contribution in [-0.4, -0.2) is 105 Å². The van der Waals surface area contributed by atoms with E-state index in [0.29, 0.717) is 17.9 Å². The summed E-state index contributed by atoms with van der Waals surface area (Å²) in [6.07, 6.45) is 9.79. The van der Waals surface area contributed by atoms with Crippen molar-refractivity contribution in [2.45, 2.75) is 44.2 Å². The van der Waals surface area contributed by atoms with Crippen molar-refractivity contribution in [1.29, 1.82) is 0 Å². The average molecular weight is 587 g/mol. The summed E-state index contributed by atoms with van der Waals surface area (Å²) in [4.78, 5) is 24.1. The zero-order valence-electron chi connectivity index (χ0n) is 26.1. The number of amides is 1. The number of benzene rings is 1. The zero-order valence-corrected chi connectivity index (χ0v) is 26.1. The lowest BCUT2D eigenvalue weighted by molar-refractivity contribution is -0.139. The van der Waals surface area contributed by atoms with Crippen molar-refractivity contribution in [3.05, 3.63) is 54.4 Å².